The number of hydrogen-bond acceptors (Lipinski definition) is 7. The molecule has 1 amide bonds. The van der Waals surface area contributed by atoms with Crippen molar-refractivity contribution >= 4 is 65.9 Å². The third kappa shape index (κ3) is 4.32. The average Bonchev–Trinajstić information content (AvgIpc) is 3.35. The molecule has 0 bridgehead atoms. The Bertz CT molecular complexity index is 1410. The number of carbonyl (C=O) groups is 1. The van der Waals surface area contributed by atoms with Gasteiger partial charge in [-0.15, -0.1) is 10.2 Å². The molecule has 0 atom stereocenters. The zero-order valence-electron chi connectivity index (χ0n) is 16.2. The molecule has 3 heterocycles. The van der Waals surface area contributed by atoms with E-state index in [-0.39, 0.29) is 11.7 Å². The summed E-state index contributed by atoms with van der Waals surface area (Å²) in [5, 5.41) is 17.0. The van der Waals surface area contributed by atoms with Crippen LogP contribution in [-0.2, 0) is 4.79 Å². The average molecular weight is 511 g/mol. The van der Waals surface area contributed by atoms with Crippen molar-refractivity contribution < 1.29 is 4.79 Å². The highest BCUT2D eigenvalue weighted by Crippen LogP contribution is 2.27. The Balaban J connectivity index is 1.31. The molecule has 0 fully saturated rings. The number of halogens is 1. The Labute approximate surface area is 194 Å². The molecule has 0 unspecified atom stereocenters. The Morgan fingerprint density at radius 1 is 1.13 bits per heavy atom. The summed E-state index contributed by atoms with van der Waals surface area (Å²) in [4.78, 5) is 16.9. The molecule has 1 N–H and O–H groups in total. The fourth-order valence-corrected chi connectivity index (χ4v) is 4.94. The maximum atomic E-state index is 12.5. The molecule has 5 aromatic rings. The summed E-state index contributed by atoms with van der Waals surface area (Å²) in [6.45, 7) is 2.03. The summed E-state index contributed by atoms with van der Waals surface area (Å²) in [5.74, 6) is 0.0292. The maximum Gasteiger partial charge on any atom is 0.236 e. The van der Waals surface area contributed by atoms with E-state index in [1.54, 1.807) is 4.52 Å². The number of aryl methyl sites for hydroxylation is 1. The van der Waals surface area contributed by atoms with Crippen LogP contribution in [0.15, 0.2) is 64.2 Å². The number of hydrogen-bond donors (Lipinski definition) is 1. The number of rotatable bonds is 5. The second-order valence-electron chi connectivity index (χ2n) is 6.81. The standard InChI is InChI=1S/C21H15BrN6OS2/c1-12-2-7-16-17(10-12)31-20(23-16)24-19(29)11-30-21-26-25-18-9-8-15(27-28(18)21)13-3-5-14(22)6-4-13/h2-10H,11H2,1H3,(H,23,24,29). The van der Waals surface area contributed by atoms with E-state index >= 15 is 0 Å². The Kier molecular flexibility index (Phi) is 5.43. The summed E-state index contributed by atoms with van der Waals surface area (Å²) < 4.78 is 3.72. The third-order valence-electron chi connectivity index (χ3n) is 4.50. The second kappa shape index (κ2) is 8.37. The molecule has 0 radical (unpaired) electrons. The van der Waals surface area contributed by atoms with Gasteiger partial charge < -0.3 is 5.32 Å². The summed E-state index contributed by atoms with van der Waals surface area (Å²) in [6.07, 6.45) is 0. The lowest BCUT2D eigenvalue weighted by Crippen LogP contribution is -2.14. The van der Waals surface area contributed by atoms with Crippen molar-refractivity contribution in [1.82, 2.24) is 24.8 Å². The number of anilines is 1. The predicted octanol–water partition coefficient (Wildman–Crippen LogP) is 5.20. The molecular weight excluding hydrogens is 496 g/mol. The van der Waals surface area contributed by atoms with Gasteiger partial charge >= 0.3 is 0 Å². The number of nitrogens with zero attached hydrogens (tertiary/aromatic N) is 5. The Morgan fingerprint density at radius 3 is 2.81 bits per heavy atom. The molecule has 0 spiro atoms. The lowest BCUT2D eigenvalue weighted by molar-refractivity contribution is -0.113. The van der Waals surface area contributed by atoms with Crippen LogP contribution < -0.4 is 5.32 Å². The highest BCUT2D eigenvalue weighted by atomic mass is 79.9. The molecule has 0 saturated carbocycles. The van der Waals surface area contributed by atoms with Gasteiger partial charge in [0.25, 0.3) is 0 Å². The minimum absolute atomic E-state index is 0.151. The molecule has 31 heavy (non-hydrogen) atoms. The number of carbonyl (C=O) groups excluding carboxylic acids is 1. The fraction of sp³-hybridized carbons (Fsp3) is 0.0952. The highest BCUT2D eigenvalue weighted by Gasteiger charge is 2.13. The van der Waals surface area contributed by atoms with Crippen LogP contribution in [-0.4, -0.2) is 36.5 Å². The number of fused-ring (bicyclic) bond motifs is 2. The first-order chi connectivity index (χ1) is 15.0. The molecule has 5 rings (SSSR count). The summed E-state index contributed by atoms with van der Waals surface area (Å²) >= 11 is 6.19. The molecule has 0 aliphatic rings. The fourth-order valence-electron chi connectivity index (χ4n) is 3.00. The van der Waals surface area contributed by atoms with Gasteiger partial charge in [-0.1, -0.05) is 57.2 Å². The molecule has 10 heteroatoms. The van der Waals surface area contributed by atoms with E-state index in [2.05, 4.69) is 47.6 Å². The maximum absolute atomic E-state index is 12.5. The van der Waals surface area contributed by atoms with Crippen LogP contribution in [0.1, 0.15) is 5.56 Å². The zero-order valence-corrected chi connectivity index (χ0v) is 19.5. The number of thioether (sulfide) groups is 1. The largest absolute Gasteiger partial charge is 0.301 e. The first kappa shape index (κ1) is 20.1. The van der Waals surface area contributed by atoms with E-state index in [4.69, 9.17) is 0 Å². The van der Waals surface area contributed by atoms with Crippen LogP contribution >= 0.6 is 39.0 Å². The summed E-state index contributed by atoms with van der Waals surface area (Å²) in [7, 11) is 0. The van der Waals surface area contributed by atoms with Crippen LogP contribution in [0.4, 0.5) is 5.13 Å². The molecule has 7 nitrogen and oxygen atoms in total. The van der Waals surface area contributed by atoms with Gasteiger partial charge in [-0.25, -0.2) is 4.98 Å². The normalized spacial score (nSPS) is 11.3. The number of aromatic nitrogens is 5. The van der Waals surface area contributed by atoms with Gasteiger partial charge in [0.1, 0.15) is 0 Å². The van der Waals surface area contributed by atoms with Gasteiger partial charge in [-0.3, -0.25) is 4.79 Å². The van der Waals surface area contributed by atoms with E-state index in [1.807, 2.05) is 55.5 Å². The van der Waals surface area contributed by atoms with Gasteiger partial charge in [-0.2, -0.15) is 9.61 Å². The van der Waals surface area contributed by atoms with Crippen LogP contribution in [0.25, 0.3) is 27.1 Å². The molecule has 3 aromatic heterocycles. The Hall–Kier alpha value is -2.82. The van der Waals surface area contributed by atoms with E-state index in [9.17, 15) is 4.79 Å². The monoisotopic (exact) mass is 510 g/mol. The van der Waals surface area contributed by atoms with Crippen LogP contribution in [0.3, 0.4) is 0 Å². The summed E-state index contributed by atoms with van der Waals surface area (Å²) in [6, 6.07) is 17.7. The number of amides is 1. The van der Waals surface area contributed by atoms with Gasteiger partial charge in [0.15, 0.2) is 10.8 Å². The zero-order chi connectivity index (χ0) is 21.4. The topological polar surface area (TPSA) is 85.1 Å². The first-order valence-electron chi connectivity index (χ1n) is 9.33. The predicted molar refractivity (Wildman–Crippen MR) is 128 cm³/mol. The van der Waals surface area contributed by atoms with Gasteiger partial charge in [-0.05, 0) is 48.9 Å². The van der Waals surface area contributed by atoms with E-state index in [0.717, 1.165) is 25.9 Å². The van der Waals surface area contributed by atoms with Crippen molar-refractivity contribution in [3.8, 4) is 11.3 Å². The Morgan fingerprint density at radius 2 is 1.97 bits per heavy atom. The van der Waals surface area contributed by atoms with Crippen LogP contribution in [0.5, 0.6) is 0 Å². The molecule has 154 valence electrons. The smallest absolute Gasteiger partial charge is 0.236 e. The van der Waals surface area contributed by atoms with Gasteiger partial charge in [0.2, 0.25) is 11.1 Å². The minimum Gasteiger partial charge on any atom is -0.301 e. The van der Waals surface area contributed by atoms with E-state index < -0.39 is 0 Å². The van der Waals surface area contributed by atoms with Gasteiger partial charge in [0.05, 0.1) is 21.7 Å². The third-order valence-corrected chi connectivity index (χ3v) is 6.88. The highest BCUT2D eigenvalue weighted by molar-refractivity contribution is 9.10. The molecule has 0 aliphatic heterocycles. The van der Waals surface area contributed by atoms with Crippen LogP contribution in [0, 0.1) is 6.92 Å². The van der Waals surface area contributed by atoms with Crippen molar-refractivity contribution in [2.45, 2.75) is 12.1 Å². The molecular formula is C21H15BrN6OS2. The SMILES string of the molecule is Cc1ccc2nc(NC(=O)CSc3nnc4ccc(-c5ccc(Br)cc5)nn34)sc2c1. The molecule has 0 saturated heterocycles. The number of benzene rings is 2. The van der Waals surface area contributed by atoms with E-state index in [1.165, 1.54) is 28.7 Å². The first-order valence-corrected chi connectivity index (χ1v) is 11.9. The van der Waals surface area contributed by atoms with Crippen molar-refractivity contribution in [1.29, 1.82) is 0 Å². The molecule has 0 aliphatic carbocycles. The van der Waals surface area contributed by atoms with Crippen LogP contribution in [0.2, 0.25) is 0 Å². The minimum atomic E-state index is -0.151. The van der Waals surface area contributed by atoms with Gasteiger partial charge in [0, 0.05) is 10.0 Å². The second-order valence-corrected chi connectivity index (χ2v) is 9.69. The van der Waals surface area contributed by atoms with Crippen molar-refractivity contribution in [3.63, 3.8) is 0 Å². The number of nitrogens with one attached hydrogen (secondary N) is 1. The lowest BCUT2D eigenvalue weighted by atomic mass is 10.1. The van der Waals surface area contributed by atoms with E-state index in [0.29, 0.717) is 15.9 Å². The number of thiazole rings is 1. The molecule has 2 aromatic carbocycles. The van der Waals surface area contributed by atoms with Crippen molar-refractivity contribution in [3.05, 3.63) is 64.6 Å². The summed E-state index contributed by atoms with van der Waals surface area (Å²) in [5.41, 5.74) is 4.46. The van der Waals surface area contributed by atoms with Crippen molar-refractivity contribution in [2.75, 3.05) is 11.1 Å². The lowest BCUT2D eigenvalue weighted by Gasteiger charge is -2.04. The van der Waals surface area contributed by atoms with Crippen molar-refractivity contribution in [2.24, 2.45) is 0 Å². The quantitative estimate of drug-likeness (QED) is 0.327.